The molecular weight excluding hydrogens is 386 g/mol. The summed E-state index contributed by atoms with van der Waals surface area (Å²) in [4.78, 5) is 8.63. The number of aryl methyl sites for hydroxylation is 2. The average Bonchev–Trinajstić information content (AvgIpc) is 3.45. The number of rotatable bonds is 7. The van der Waals surface area contributed by atoms with E-state index < -0.39 is 0 Å². The Hall–Kier alpha value is -3.93. The zero-order chi connectivity index (χ0) is 21.0. The summed E-state index contributed by atoms with van der Waals surface area (Å²) in [5.41, 5.74) is 7.81. The van der Waals surface area contributed by atoms with Crippen molar-refractivity contribution in [3.63, 3.8) is 0 Å². The van der Waals surface area contributed by atoms with Gasteiger partial charge in [-0.3, -0.25) is 4.98 Å². The summed E-state index contributed by atoms with van der Waals surface area (Å²) < 4.78 is 8.00. The topological polar surface area (TPSA) is 68.6 Å². The van der Waals surface area contributed by atoms with Gasteiger partial charge in [-0.25, -0.2) is 10.1 Å². The van der Waals surface area contributed by atoms with Gasteiger partial charge < -0.3 is 9.30 Å². The van der Waals surface area contributed by atoms with E-state index >= 15 is 0 Å². The lowest BCUT2D eigenvalue weighted by Crippen LogP contribution is -2.00. The Labute approximate surface area is 180 Å². The first-order chi connectivity index (χ1) is 15.3. The first-order valence-corrected chi connectivity index (χ1v) is 10.4. The standard InChI is InChI=1S/C25H23N5O/c1-30-17-27-24-21(5-2-6-23(24)30)19-9-7-18(8-10-19)4-3-15-31-25-22(16-28-29-25)20-11-13-26-14-12-20/h2,5-14,16-17H,3-4,15H2,1H3,(H,28,29). The molecule has 31 heavy (non-hydrogen) atoms. The minimum atomic E-state index is 0.620. The summed E-state index contributed by atoms with van der Waals surface area (Å²) in [5, 5.41) is 7.06. The number of imidazole rings is 1. The molecule has 5 rings (SSSR count). The van der Waals surface area contributed by atoms with Gasteiger partial charge in [0.1, 0.15) is 0 Å². The van der Waals surface area contributed by atoms with E-state index in [1.807, 2.05) is 30.1 Å². The summed E-state index contributed by atoms with van der Waals surface area (Å²) in [6, 6.07) is 18.9. The summed E-state index contributed by atoms with van der Waals surface area (Å²) in [6.07, 6.45) is 9.05. The number of benzene rings is 2. The Bertz CT molecular complexity index is 1290. The number of pyridine rings is 1. The van der Waals surface area contributed by atoms with Crippen molar-refractivity contribution in [2.45, 2.75) is 12.8 Å². The number of H-pyrrole nitrogens is 1. The van der Waals surface area contributed by atoms with Crippen LogP contribution in [0.5, 0.6) is 5.88 Å². The molecule has 0 aliphatic rings. The van der Waals surface area contributed by atoms with Crippen LogP contribution in [0, 0.1) is 0 Å². The second-order valence-electron chi connectivity index (χ2n) is 7.53. The number of aromatic nitrogens is 5. The Morgan fingerprint density at radius 1 is 0.935 bits per heavy atom. The Morgan fingerprint density at radius 2 is 1.74 bits per heavy atom. The van der Waals surface area contributed by atoms with Crippen LogP contribution in [0.4, 0.5) is 0 Å². The lowest BCUT2D eigenvalue weighted by Gasteiger charge is -2.08. The van der Waals surface area contributed by atoms with Gasteiger partial charge in [-0.1, -0.05) is 36.4 Å². The van der Waals surface area contributed by atoms with E-state index in [9.17, 15) is 0 Å². The fourth-order valence-electron chi connectivity index (χ4n) is 3.81. The minimum absolute atomic E-state index is 0.620. The number of ether oxygens (including phenoxy) is 1. The normalized spacial score (nSPS) is 11.1. The van der Waals surface area contributed by atoms with Gasteiger partial charge in [-0.15, -0.1) is 0 Å². The molecule has 1 N–H and O–H groups in total. The van der Waals surface area contributed by atoms with Crippen LogP contribution < -0.4 is 4.74 Å². The first kappa shape index (κ1) is 19.1. The fraction of sp³-hybridized carbons (Fsp3) is 0.160. The average molecular weight is 409 g/mol. The van der Waals surface area contributed by atoms with Crippen molar-refractivity contribution in [3.05, 3.63) is 85.1 Å². The molecule has 3 heterocycles. The maximum absolute atomic E-state index is 5.95. The van der Waals surface area contributed by atoms with Gasteiger partial charge in [-0.05, 0) is 47.7 Å². The van der Waals surface area contributed by atoms with Crippen molar-refractivity contribution in [2.75, 3.05) is 6.61 Å². The number of hydrogen-bond donors (Lipinski definition) is 1. The molecule has 0 radical (unpaired) electrons. The lowest BCUT2D eigenvalue weighted by atomic mass is 10.0. The molecule has 6 heteroatoms. The van der Waals surface area contributed by atoms with Crippen molar-refractivity contribution in [3.8, 4) is 28.1 Å². The molecule has 0 atom stereocenters. The number of nitrogens with one attached hydrogen (secondary N) is 1. The Kier molecular flexibility index (Phi) is 5.19. The predicted octanol–water partition coefficient (Wildman–Crippen LogP) is 5.04. The molecule has 0 unspecified atom stereocenters. The third-order valence-corrected chi connectivity index (χ3v) is 5.47. The van der Waals surface area contributed by atoms with Gasteiger partial charge >= 0.3 is 0 Å². The second kappa shape index (κ2) is 8.44. The van der Waals surface area contributed by atoms with E-state index in [2.05, 4.69) is 62.6 Å². The van der Waals surface area contributed by atoms with Crippen molar-refractivity contribution in [1.82, 2.24) is 24.7 Å². The molecular formula is C25H23N5O. The zero-order valence-corrected chi connectivity index (χ0v) is 17.3. The molecule has 3 aromatic heterocycles. The van der Waals surface area contributed by atoms with Crippen LogP contribution in [-0.4, -0.2) is 31.3 Å². The zero-order valence-electron chi connectivity index (χ0n) is 17.3. The maximum atomic E-state index is 5.95. The van der Waals surface area contributed by atoms with Gasteiger partial charge in [0.2, 0.25) is 5.88 Å². The molecule has 0 aliphatic carbocycles. The Balaban J connectivity index is 1.20. The monoisotopic (exact) mass is 409 g/mol. The van der Waals surface area contributed by atoms with Gasteiger partial charge in [0.05, 0.1) is 35.7 Å². The molecule has 0 saturated heterocycles. The molecule has 0 saturated carbocycles. The van der Waals surface area contributed by atoms with E-state index in [4.69, 9.17) is 4.74 Å². The predicted molar refractivity (Wildman–Crippen MR) is 122 cm³/mol. The molecule has 5 aromatic rings. The van der Waals surface area contributed by atoms with E-state index in [1.165, 1.54) is 11.1 Å². The molecule has 0 fully saturated rings. The number of aromatic amines is 1. The van der Waals surface area contributed by atoms with Crippen LogP contribution in [-0.2, 0) is 13.5 Å². The van der Waals surface area contributed by atoms with E-state index in [1.54, 1.807) is 18.6 Å². The van der Waals surface area contributed by atoms with Crippen molar-refractivity contribution in [2.24, 2.45) is 7.05 Å². The van der Waals surface area contributed by atoms with Crippen molar-refractivity contribution < 1.29 is 4.74 Å². The van der Waals surface area contributed by atoms with Crippen LogP contribution >= 0.6 is 0 Å². The minimum Gasteiger partial charge on any atom is -0.478 e. The van der Waals surface area contributed by atoms with Crippen LogP contribution in [0.2, 0.25) is 0 Å². The van der Waals surface area contributed by atoms with Crippen LogP contribution in [0.3, 0.4) is 0 Å². The number of para-hydroxylation sites is 1. The number of fused-ring (bicyclic) bond motifs is 1. The van der Waals surface area contributed by atoms with Gasteiger partial charge in [-0.2, -0.15) is 5.10 Å². The van der Waals surface area contributed by atoms with E-state index in [0.717, 1.165) is 40.6 Å². The van der Waals surface area contributed by atoms with Crippen LogP contribution in [0.1, 0.15) is 12.0 Å². The van der Waals surface area contributed by atoms with Crippen molar-refractivity contribution >= 4 is 11.0 Å². The molecule has 0 spiro atoms. The first-order valence-electron chi connectivity index (χ1n) is 10.4. The molecule has 6 nitrogen and oxygen atoms in total. The van der Waals surface area contributed by atoms with Gasteiger partial charge in [0, 0.05) is 25.0 Å². The maximum Gasteiger partial charge on any atom is 0.217 e. The van der Waals surface area contributed by atoms with Gasteiger partial charge in [0.25, 0.3) is 0 Å². The Morgan fingerprint density at radius 3 is 2.58 bits per heavy atom. The number of hydrogen-bond acceptors (Lipinski definition) is 4. The summed E-state index contributed by atoms with van der Waals surface area (Å²) in [5.74, 6) is 0.699. The highest BCUT2D eigenvalue weighted by Crippen LogP contribution is 2.28. The van der Waals surface area contributed by atoms with E-state index in [0.29, 0.717) is 12.5 Å². The van der Waals surface area contributed by atoms with E-state index in [-0.39, 0.29) is 0 Å². The molecule has 0 aliphatic heterocycles. The third kappa shape index (κ3) is 3.92. The quantitative estimate of drug-likeness (QED) is 0.383. The lowest BCUT2D eigenvalue weighted by molar-refractivity contribution is 0.300. The molecule has 0 amide bonds. The van der Waals surface area contributed by atoms with Crippen LogP contribution in [0.25, 0.3) is 33.3 Å². The molecule has 154 valence electrons. The van der Waals surface area contributed by atoms with Crippen LogP contribution in [0.15, 0.2) is 79.5 Å². The highest BCUT2D eigenvalue weighted by molar-refractivity contribution is 5.92. The summed E-state index contributed by atoms with van der Waals surface area (Å²) in [7, 11) is 2.02. The second-order valence-corrected chi connectivity index (χ2v) is 7.53. The highest BCUT2D eigenvalue weighted by Gasteiger charge is 2.09. The largest absolute Gasteiger partial charge is 0.478 e. The molecule has 2 aromatic carbocycles. The van der Waals surface area contributed by atoms with Crippen molar-refractivity contribution in [1.29, 1.82) is 0 Å². The van der Waals surface area contributed by atoms with Gasteiger partial charge in [0.15, 0.2) is 0 Å². The number of nitrogens with zero attached hydrogens (tertiary/aromatic N) is 4. The highest BCUT2D eigenvalue weighted by atomic mass is 16.5. The third-order valence-electron chi connectivity index (χ3n) is 5.47. The fourth-order valence-corrected chi connectivity index (χ4v) is 3.81. The summed E-state index contributed by atoms with van der Waals surface area (Å²) in [6.45, 7) is 0.620. The molecule has 0 bridgehead atoms. The SMILES string of the molecule is Cn1cnc2c(-c3ccc(CCCOc4[nH]ncc4-c4ccncc4)cc3)cccc21. The smallest absolute Gasteiger partial charge is 0.217 e. The summed E-state index contributed by atoms with van der Waals surface area (Å²) >= 11 is 0.